The monoisotopic (exact) mass is 402 g/mol. The van der Waals surface area contributed by atoms with Gasteiger partial charge in [-0.05, 0) is 19.1 Å². The molecule has 3 rings (SSSR count). The molecule has 0 aliphatic carbocycles. The number of nitrogens with one attached hydrogen (secondary N) is 1. The Balaban J connectivity index is 2.32. The first-order valence-electron chi connectivity index (χ1n) is 7.25. The van der Waals surface area contributed by atoms with Gasteiger partial charge in [-0.15, -0.1) is 0 Å². The van der Waals surface area contributed by atoms with Crippen molar-refractivity contribution < 1.29 is 22.0 Å². The number of nitrogens with zero attached hydrogens (tertiary/aromatic N) is 5. The highest BCUT2D eigenvalue weighted by molar-refractivity contribution is 6.33. The molecule has 0 unspecified atom stereocenters. The number of halogens is 6. The van der Waals surface area contributed by atoms with E-state index in [4.69, 9.17) is 16.9 Å². The molecule has 0 amide bonds. The van der Waals surface area contributed by atoms with Gasteiger partial charge in [-0.25, -0.2) is 8.78 Å². The average Bonchev–Trinajstić information content (AvgIpc) is 3.03. The van der Waals surface area contributed by atoms with Gasteiger partial charge in [0.1, 0.15) is 35.0 Å². The van der Waals surface area contributed by atoms with Gasteiger partial charge in [0.25, 0.3) is 5.78 Å². The fourth-order valence-electron chi connectivity index (χ4n) is 2.33. The minimum Gasteiger partial charge on any atom is -0.358 e. The lowest BCUT2D eigenvalue weighted by molar-refractivity contribution is -0.138. The quantitative estimate of drug-likeness (QED) is 0.530. The average molecular weight is 403 g/mol. The van der Waals surface area contributed by atoms with Crippen LogP contribution in [-0.2, 0) is 0 Å². The highest BCUT2D eigenvalue weighted by Crippen LogP contribution is 2.38. The zero-order chi connectivity index (χ0) is 19.9. The summed E-state index contributed by atoms with van der Waals surface area (Å²) in [6.45, 7) is 0.812. The topological polar surface area (TPSA) is 78.9 Å². The van der Waals surface area contributed by atoms with Crippen molar-refractivity contribution in [1.82, 2.24) is 19.6 Å². The third kappa shape index (κ3) is 3.35. The van der Waals surface area contributed by atoms with E-state index in [1.807, 2.05) is 0 Å². The summed E-state index contributed by atoms with van der Waals surface area (Å²) in [4.78, 5) is 7.52. The van der Waals surface area contributed by atoms with Gasteiger partial charge in [0.15, 0.2) is 0 Å². The van der Waals surface area contributed by atoms with Gasteiger partial charge >= 0.3 is 6.18 Å². The van der Waals surface area contributed by atoms with Crippen LogP contribution in [-0.4, -0.2) is 31.8 Å². The van der Waals surface area contributed by atoms with E-state index >= 15 is 0 Å². The molecule has 1 N–H and O–H groups in total. The second-order valence-corrected chi connectivity index (χ2v) is 5.79. The van der Waals surface area contributed by atoms with Crippen LogP contribution in [0.1, 0.15) is 12.5 Å². The Kier molecular flexibility index (Phi) is 4.61. The lowest BCUT2D eigenvalue weighted by atomic mass is 10.0. The maximum atomic E-state index is 14.5. The Morgan fingerprint density at radius 3 is 2.41 bits per heavy atom. The summed E-state index contributed by atoms with van der Waals surface area (Å²) >= 11 is 6.00. The van der Waals surface area contributed by atoms with Crippen molar-refractivity contribution in [3.05, 3.63) is 40.8 Å². The normalized spacial score (nSPS) is 12.8. The van der Waals surface area contributed by atoms with Crippen LogP contribution >= 0.6 is 11.6 Å². The van der Waals surface area contributed by atoms with Crippen LogP contribution in [0, 0.1) is 23.0 Å². The molecule has 0 aliphatic rings. The molecule has 0 bridgehead atoms. The number of anilines is 1. The molecule has 2 aromatic heterocycles. The number of hydrogen-bond acceptors (Lipinski definition) is 5. The van der Waals surface area contributed by atoms with Crippen molar-refractivity contribution in [1.29, 1.82) is 5.26 Å². The summed E-state index contributed by atoms with van der Waals surface area (Å²) in [5.74, 6) is -3.01. The molecule has 1 aromatic carbocycles. The zero-order valence-corrected chi connectivity index (χ0v) is 14.1. The minimum absolute atomic E-state index is 0.171. The molecular weight excluding hydrogens is 395 g/mol. The van der Waals surface area contributed by atoms with Crippen LogP contribution in [0.25, 0.3) is 16.9 Å². The van der Waals surface area contributed by atoms with Gasteiger partial charge in [-0.3, -0.25) is 0 Å². The Bertz CT molecular complexity index is 1050. The fourth-order valence-corrected chi connectivity index (χ4v) is 2.59. The van der Waals surface area contributed by atoms with E-state index in [1.54, 1.807) is 6.07 Å². The number of hydrogen-bond donors (Lipinski definition) is 1. The van der Waals surface area contributed by atoms with Crippen LogP contribution < -0.4 is 5.32 Å². The van der Waals surface area contributed by atoms with Gasteiger partial charge in [-0.1, -0.05) is 11.6 Å². The van der Waals surface area contributed by atoms with Crippen LogP contribution in [0.3, 0.4) is 0 Å². The summed E-state index contributed by atoms with van der Waals surface area (Å²) in [5.41, 5.74) is -1.54. The maximum absolute atomic E-state index is 14.5. The van der Waals surface area contributed by atoms with Crippen molar-refractivity contribution in [2.45, 2.75) is 19.1 Å². The molecule has 140 valence electrons. The summed E-state index contributed by atoms with van der Waals surface area (Å²) in [6, 6.07) is 0.935. The van der Waals surface area contributed by atoms with Crippen LogP contribution in [0.4, 0.5) is 27.8 Å². The molecule has 0 fully saturated rings. The second kappa shape index (κ2) is 6.62. The summed E-state index contributed by atoms with van der Waals surface area (Å²) < 4.78 is 68.8. The Morgan fingerprint density at radius 1 is 1.22 bits per heavy atom. The van der Waals surface area contributed by atoms with E-state index in [1.165, 1.54) is 0 Å². The molecular formula is C15H8ClF5N6. The van der Waals surface area contributed by atoms with E-state index < -0.39 is 46.0 Å². The molecule has 0 spiro atoms. The van der Waals surface area contributed by atoms with Gasteiger partial charge in [0.2, 0.25) is 0 Å². The standard InChI is InChI=1S/C15H8ClF5N6/c1-6(15(19,20)21)25-13-11(12(16)26-14-23-5-24-27(13)14)10-8(17)2-7(4-22)3-9(10)18/h2-3,5-6,25H,1H3/t6-/m0/s1. The van der Waals surface area contributed by atoms with E-state index in [0.717, 1.165) is 29.9 Å². The lowest BCUT2D eigenvalue weighted by Crippen LogP contribution is -2.34. The van der Waals surface area contributed by atoms with Gasteiger partial charge in [-0.2, -0.15) is 38.0 Å². The van der Waals surface area contributed by atoms with Crippen LogP contribution in [0.2, 0.25) is 5.15 Å². The Hall–Kier alpha value is -3.00. The SMILES string of the molecule is C[C@H](Nc1c(-c2c(F)cc(C#N)cc2F)c(Cl)nc2ncnn12)C(F)(F)F. The molecule has 0 saturated carbocycles. The highest BCUT2D eigenvalue weighted by Gasteiger charge is 2.37. The number of benzene rings is 1. The molecule has 0 radical (unpaired) electrons. The minimum atomic E-state index is -4.67. The number of nitriles is 1. The predicted molar refractivity (Wildman–Crippen MR) is 85.0 cm³/mol. The van der Waals surface area contributed by atoms with E-state index in [2.05, 4.69) is 20.4 Å². The maximum Gasteiger partial charge on any atom is 0.408 e. The van der Waals surface area contributed by atoms with E-state index in [9.17, 15) is 22.0 Å². The van der Waals surface area contributed by atoms with E-state index in [0.29, 0.717) is 0 Å². The van der Waals surface area contributed by atoms with Crippen molar-refractivity contribution in [2.24, 2.45) is 0 Å². The molecule has 27 heavy (non-hydrogen) atoms. The third-order valence-corrected chi connectivity index (χ3v) is 3.92. The first kappa shape index (κ1) is 18.8. The number of alkyl halides is 3. The first-order chi connectivity index (χ1) is 12.6. The highest BCUT2D eigenvalue weighted by atomic mass is 35.5. The van der Waals surface area contributed by atoms with Crippen molar-refractivity contribution in [3.63, 3.8) is 0 Å². The molecule has 2 heterocycles. The molecule has 6 nitrogen and oxygen atoms in total. The summed E-state index contributed by atoms with van der Waals surface area (Å²) in [6.07, 6.45) is -3.67. The number of rotatable bonds is 3. The second-order valence-electron chi connectivity index (χ2n) is 5.43. The smallest absolute Gasteiger partial charge is 0.358 e. The van der Waals surface area contributed by atoms with Crippen molar-refractivity contribution in [2.75, 3.05) is 5.32 Å². The van der Waals surface area contributed by atoms with Crippen molar-refractivity contribution in [3.8, 4) is 17.2 Å². The Morgan fingerprint density at radius 2 is 1.85 bits per heavy atom. The van der Waals surface area contributed by atoms with Gasteiger partial charge < -0.3 is 5.32 Å². The summed E-state index contributed by atoms with van der Waals surface area (Å²) in [7, 11) is 0. The Labute approximate surface area is 153 Å². The summed E-state index contributed by atoms with van der Waals surface area (Å²) in [5, 5.41) is 14.2. The number of aromatic nitrogens is 4. The van der Waals surface area contributed by atoms with Crippen molar-refractivity contribution >= 4 is 23.2 Å². The van der Waals surface area contributed by atoms with Gasteiger partial charge in [0.05, 0.1) is 22.8 Å². The third-order valence-electron chi connectivity index (χ3n) is 3.65. The molecule has 1 atom stereocenters. The van der Waals surface area contributed by atoms with E-state index in [-0.39, 0.29) is 11.3 Å². The molecule has 3 aromatic rings. The first-order valence-corrected chi connectivity index (χ1v) is 7.63. The number of fused-ring (bicyclic) bond motifs is 1. The fraction of sp³-hybridized carbons (Fsp3) is 0.200. The van der Waals surface area contributed by atoms with Gasteiger partial charge in [0, 0.05) is 0 Å². The van der Waals surface area contributed by atoms with Crippen LogP contribution in [0.15, 0.2) is 18.5 Å². The predicted octanol–water partition coefficient (Wildman–Crippen LogP) is 3.96. The molecule has 0 aliphatic heterocycles. The largest absolute Gasteiger partial charge is 0.408 e. The molecule has 0 saturated heterocycles. The molecule has 12 heteroatoms. The van der Waals surface area contributed by atoms with Crippen LogP contribution in [0.5, 0.6) is 0 Å². The lowest BCUT2D eigenvalue weighted by Gasteiger charge is -2.21. The zero-order valence-electron chi connectivity index (χ0n) is 13.3.